The number of hydrogen-bond donors (Lipinski definition) is 1. The van der Waals surface area contributed by atoms with E-state index in [1.807, 2.05) is 20.8 Å². The maximum absolute atomic E-state index is 8.78. The molecule has 0 heterocycles. The van der Waals surface area contributed by atoms with Crippen LogP contribution < -0.4 is 0 Å². The van der Waals surface area contributed by atoms with Crippen molar-refractivity contribution < 1.29 is 9.94 Å². The largest absolute Gasteiger partial charge is 0.399 e. The van der Waals surface area contributed by atoms with Crippen LogP contribution in [0.15, 0.2) is 5.16 Å². The molecule has 0 aromatic heterocycles. The van der Waals surface area contributed by atoms with Crippen LogP contribution in [0.25, 0.3) is 0 Å². The Bertz CT molecular complexity index is 124. The molecule has 3 nitrogen and oxygen atoms in total. The minimum absolute atomic E-state index is 0.0443. The van der Waals surface area contributed by atoms with E-state index in [4.69, 9.17) is 5.11 Å². The third kappa shape index (κ3) is 2.82. The molecule has 10 heavy (non-hydrogen) atoms. The fraction of sp³-hybridized carbons (Fsp3) is 0.857. The van der Waals surface area contributed by atoms with Gasteiger partial charge in [-0.3, -0.25) is 0 Å². The summed E-state index contributed by atoms with van der Waals surface area (Å²) in [7, 11) is 1.47. The summed E-state index contributed by atoms with van der Waals surface area (Å²) in [5.41, 5.74) is 0.556. The van der Waals surface area contributed by atoms with Crippen LogP contribution in [0.1, 0.15) is 20.8 Å². The Morgan fingerprint density at radius 1 is 1.50 bits per heavy atom. The van der Waals surface area contributed by atoms with E-state index in [9.17, 15) is 0 Å². The van der Waals surface area contributed by atoms with E-state index in [2.05, 4.69) is 9.99 Å². The molecule has 3 heteroatoms. The van der Waals surface area contributed by atoms with Crippen molar-refractivity contribution in [1.29, 1.82) is 0 Å². The molecule has 0 rings (SSSR count). The highest BCUT2D eigenvalue weighted by molar-refractivity contribution is 5.89. The first-order valence-corrected chi connectivity index (χ1v) is 3.23. The average Bonchev–Trinajstić information content (AvgIpc) is 1.80. The highest BCUT2D eigenvalue weighted by Crippen LogP contribution is 2.15. The lowest BCUT2D eigenvalue weighted by atomic mass is 9.91. The standard InChI is InChI=1S/C7H15NO2/c1-7(2,3)6(5-9)8-10-4/h9H,5H2,1-4H3. The molecular weight excluding hydrogens is 130 g/mol. The van der Waals surface area contributed by atoms with Crippen LogP contribution >= 0.6 is 0 Å². The third-order valence-electron chi connectivity index (χ3n) is 1.22. The molecule has 0 aromatic carbocycles. The Hall–Kier alpha value is -0.570. The third-order valence-corrected chi connectivity index (χ3v) is 1.22. The van der Waals surface area contributed by atoms with Crippen LogP contribution in [0.2, 0.25) is 0 Å². The Labute approximate surface area is 61.7 Å². The van der Waals surface area contributed by atoms with Crippen molar-refractivity contribution in [2.75, 3.05) is 13.7 Å². The van der Waals surface area contributed by atoms with Crippen LogP contribution in [0.4, 0.5) is 0 Å². The van der Waals surface area contributed by atoms with Gasteiger partial charge in [-0.2, -0.15) is 0 Å². The summed E-state index contributed by atoms with van der Waals surface area (Å²) >= 11 is 0. The van der Waals surface area contributed by atoms with Gasteiger partial charge in [0.25, 0.3) is 0 Å². The molecule has 0 saturated heterocycles. The lowest BCUT2D eigenvalue weighted by Gasteiger charge is -2.17. The molecule has 0 aromatic rings. The SMILES string of the molecule is CON=C(CO)C(C)(C)C. The Balaban J connectivity index is 4.21. The minimum Gasteiger partial charge on any atom is -0.399 e. The lowest BCUT2D eigenvalue weighted by Crippen LogP contribution is -2.23. The van der Waals surface area contributed by atoms with Gasteiger partial charge in [0.2, 0.25) is 0 Å². The minimum atomic E-state index is -0.106. The van der Waals surface area contributed by atoms with E-state index in [1.165, 1.54) is 7.11 Å². The smallest absolute Gasteiger partial charge is 0.106 e. The molecule has 0 saturated carbocycles. The second-order valence-electron chi connectivity index (χ2n) is 3.13. The first-order valence-electron chi connectivity index (χ1n) is 3.23. The molecule has 0 fully saturated rings. The second-order valence-corrected chi connectivity index (χ2v) is 3.13. The van der Waals surface area contributed by atoms with Gasteiger partial charge >= 0.3 is 0 Å². The topological polar surface area (TPSA) is 41.8 Å². The fourth-order valence-corrected chi connectivity index (χ4v) is 0.513. The monoisotopic (exact) mass is 145 g/mol. The Morgan fingerprint density at radius 2 is 2.00 bits per heavy atom. The summed E-state index contributed by atoms with van der Waals surface area (Å²) in [6.45, 7) is 5.88. The highest BCUT2D eigenvalue weighted by atomic mass is 16.6. The molecule has 0 aliphatic rings. The average molecular weight is 145 g/mol. The van der Waals surface area contributed by atoms with Crippen molar-refractivity contribution in [1.82, 2.24) is 0 Å². The summed E-state index contributed by atoms with van der Waals surface area (Å²) in [5, 5.41) is 12.5. The van der Waals surface area contributed by atoms with Crippen molar-refractivity contribution in [3.05, 3.63) is 0 Å². The summed E-state index contributed by atoms with van der Waals surface area (Å²) in [5.74, 6) is 0. The number of rotatable bonds is 2. The molecule has 0 radical (unpaired) electrons. The van der Waals surface area contributed by atoms with E-state index in [-0.39, 0.29) is 12.0 Å². The van der Waals surface area contributed by atoms with Crippen molar-refractivity contribution in [3.8, 4) is 0 Å². The summed E-state index contributed by atoms with van der Waals surface area (Å²) in [4.78, 5) is 4.55. The predicted octanol–water partition coefficient (Wildman–Crippen LogP) is 1.03. The molecule has 60 valence electrons. The van der Waals surface area contributed by atoms with E-state index < -0.39 is 0 Å². The number of nitrogens with zero attached hydrogens (tertiary/aromatic N) is 1. The van der Waals surface area contributed by atoms with Crippen LogP contribution in [-0.2, 0) is 4.84 Å². The Kier molecular flexibility index (Phi) is 3.36. The molecule has 0 atom stereocenters. The predicted molar refractivity (Wildman–Crippen MR) is 41.0 cm³/mol. The number of hydrogen-bond acceptors (Lipinski definition) is 3. The fourth-order valence-electron chi connectivity index (χ4n) is 0.513. The number of aliphatic hydroxyl groups is 1. The summed E-state index contributed by atoms with van der Waals surface area (Å²) in [6, 6.07) is 0. The van der Waals surface area contributed by atoms with E-state index in [0.29, 0.717) is 5.71 Å². The molecule has 0 unspecified atom stereocenters. The van der Waals surface area contributed by atoms with Gasteiger partial charge in [0.05, 0.1) is 12.3 Å². The van der Waals surface area contributed by atoms with Crippen molar-refractivity contribution in [2.45, 2.75) is 20.8 Å². The molecule has 0 amide bonds. The van der Waals surface area contributed by atoms with Crippen LogP contribution in [0, 0.1) is 5.41 Å². The molecule has 0 aliphatic heterocycles. The van der Waals surface area contributed by atoms with Gasteiger partial charge in [-0.25, -0.2) is 0 Å². The first kappa shape index (κ1) is 9.43. The van der Waals surface area contributed by atoms with Gasteiger partial charge in [0.15, 0.2) is 0 Å². The van der Waals surface area contributed by atoms with Gasteiger partial charge in [0.1, 0.15) is 7.11 Å². The van der Waals surface area contributed by atoms with Crippen molar-refractivity contribution >= 4 is 5.71 Å². The van der Waals surface area contributed by atoms with Gasteiger partial charge < -0.3 is 9.94 Å². The zero-order valence-corrected chi connectivity index (χ0v) is 7.01. The van der Waals surface area contributed by atoms with Crippen LogP contribution in [0.5, 0.6) is 0 Å². The zero-order chi connectivity index (χ0) is 8.20. The van der Waals surface area contributed by atoms with E-state index in [0.717, 1.165) is 0 Å². The molecule has 0 aliphatic carbocycles. The van der Waals surface area contributed by atoms with Gasteiger partial charge in [-0.15, -0.1) is 0 Å². The maximum atomic E-state index is 8.78. The van der Waals surface area contributed by atoms with Crippen molar-refractivity contribution in [3.63, 3.8) is 0 Å². The highest BCUT2D eigenvalue weighted by Gasteiger charge is 2.18. The van der Waals surface area contributed by atoms with E-state index in [1.54, 1.807) is 0 Å². The van der Waals surface area contributed by atoms with E-state index >= 15 is 0 Å². The molecule has 0 bridgehead atoms. The number of aliphatic hydroxyl groups excluding tert-OH is 1. The van der Waals surface area contributed by atoms with Crippen molar-refractivity contribution in [2.24, 2.45) is 10.6 Å². The van der Waals surface area contributed by atoms with Crippen LogP contribution in [0.3, 0.4) is 0 Å². The summed E-state index contributed by atoms with van der Waals surface area (Å²) in [6.07, 6.45) is 0. The van der Waals surface area contributed by atoms with Gasteiger partial charge in [0, 0.05) is 5.41 Å². The quantitative estimate of drug-likeness (QED) is 0.465. The van der Waals surface area contributed by atoms with Gasteiger partial charge in [-0.05, 0) is 0 Å². The lowest BCUT2D eigenvalue weighted by molar-refractivity contribution is 0.203. The number of oxime groups is 1. The molecule has 1 N–H and O–H groups in total. The van der Waals surface area contributed by atoms with Crippen LogP contribution in [-0.4, -0.2) is 24.5 Å². The van der Waals surface area contributed by atoms with Gasteiger partial charge in [-0.1, -0.05) is 25.9 Å². The maximum Gasteiger partial charge on any atom is 0.106 e. The zero-order valence-electron chi connectivity index (χ0n) is 7.01. The molecular formula is C7H15NO2. The normalized spacial score (nSPS) is 13.5. The first-order chi connectivity index (χ1) is 4.52. The Morgan fingerprint density at radius 3 is 2.10 bits per heavy atom. The second kappa shape index (κ2) is 3.56. The molecule has 0 spiro atoms. The summed E-state index contributed by atoms with van der Waals surface area (Å²) < 4.78 is 0.